The summed E-state index contributed by atoms with van der Waals surface area (Å²) >= 11 is 0. The molecule has 1 spiro atoms. The van der Waals surface area contributed by atoms with Gasteiger partial charge in [-0.25, -0.2) is 0 Å². The van der Waals surface area contributed by atoms with Crippen LogP contribution < -0.4 is 0 Å². The zero-order valence-corrected chi connectivity index (χ0v) is 16.4. The molecule has 2 bridgehead atoms. The van der Waals surface area contributed by atoms with Crippen LogP contribution in [0.2, 0.25) is 0 Å². The lowest BCUT2D eigenvalue weighted by Crippen LogP contribution is -2.44. The van der Waals surface area contributed by atoms with Gasteiger partial charge in [-0.15, -0.1) is 0 Å². The second kappa shape index (κ2) is 6.56. The van der Waals surface area contributed by atoms with Crippen molar-refractivity contribution in [3.05, 3.63) is 65.6 Å². The fourth-order valence-corrected chi connectivity index (χ4v) is 4.91. The molecule has 0 unspecified atom stereocenters. The van der Waals surface area contributed by atoms with Crippen LogP contribution >= 0.6 is 0 Å². The quantitative estimate of drug-likeness (QED) is 0.726. The van der Waals surface area contributed by atoms with Crippen molar-refractivity contribution in [2.75, 3.05) is 13.6 Å². The summed E-state index contributed by atoms with van der Waals surface area (Å²) < 4.78 is 11.3. The molecule has 3 aliphatic heterocycles. The molecule has 0 saturated carbocycles. The maximum Gasteiger partial charge on any atom is 0.230 e. The van der Waals surface area contributed by atoms with Gasteiger partial charge in [0.1, 0.15) is 5.60 Å². The van der Waals surface area contributed by atoms with Crippen LogP contribution in [-0.4, -0.2) is 52.1 Å². The highest BCUT2D eigenvalue weighted by atomic mass is 16.5. The van der Waals surface area contributed by atoms with Crippen LogP contribution in [0.1, 0.15) is 16.9 Å². The lowest BCUT2D eigenvalue weighted by Gasteiger charge is -2.27. The van der Waals surface area contributed by atoms with Gasteiger partial charge in [0, 0.05) is 19.7 Å². The third-order valence-electron chi connectivity index (χ3n) is 6.18. The molecule has 3 aliphatic rings. The molecule has 4 atom stereocenters. The van der Waals surface area contributed by atoms with E-state index in [2.05, 4.69) is 11.2 Å². The molecular weight excluding hydrogens is 370 g/mol. The first-order chi connectivity index (χ1) is 14.0. The number of rotatable bonds is 5. The number of aromatic nitrogens is 1. The molecule has 0 aliphatic carbocycles. The van der Waals surface area contributed by atoms with Crippen LogP contribution in [0.5, 0.6) is 0 Å². The van der Waals surface area contributed by atoms with Crippen LogP contribution in [0.3, 0.4) is 0 Å². The highest BCUT2D eigenvalue weighted by Gasteiger charge is 2.67. The van der Waals surface area contributed by atoms with Crippen molar-refractivity contribution in [1.82, 2.24) is 15.0 Å². The summed E-state index contributed by atoms with van der Waals surface area (Å²) in [6.07, 6.45) is 5.12. The summed E-state index contributed by atoms with van der Waals surface area (Å²) in [4.78, 5) is 30.0. The molecule has 1 aromatic carbocycles. The van der Waals surface area contributed by atoms with E-state index in [1.807, 2.05) is 42.2 Å². The molecule has 2 aromatic rings. The highest BCUT2D eigenvalue weighted by Crippen LogP contribution is 2.52. The van der Waals surface area contributed by atoms with E-state index >= 15 is 0 Å². The molecule has 2 fully saturated rings. The van der Waals surface area contributed by atoms with Crippen molar-refractivity contribution in [2.45, 2.75) is 31.7 Å². The van der Waals surface area contributed by atoms with Crippen LogP contribution in [0.25, 0.3) is 0 Å². The number of aryl methyl sites for hydroxylation is 1. The Morgan fingerprint density at radius 1 is 1.38 bits per heavy atom. The first-order valence-corrected chi connectivity index (χ1v) is 9.83. The second-order valence-electron chi connectivity index (χ2n) is 8.26. The first-order valence-electron chi connectivity index (χ1n) is 9.83. The van der Waals surface area contributed by atoms with Gasteiger partial charge in [-0.2, -0.15) is 0 Å². The number of hydrogen-bond acceptors (Lipinski definition) is 5. The summed E-state index contributed by atoms with van der Waals surface area (Å²) in [5.41, 5.74) is 1.55. The molecule has 2 saturated heterocycles. The number of nitrogens with zero attached hydrogens (tertiary/aromatic N) is 3. The summed E-state index contributed by atoms with van der Waals surface area (Å²) in [7, 11) is 1.72. The van der Waals surface area contributed by atoms with E-state index in [0.717, 1.165) is 11.1 Å². The molecule has 29 heavy (non-hydrogen) atoms. The number of likely N-dealkylation sites (tertiary alicyclic amines) is 1. The van der Waals surface area contributed by atoms with E-state index in [9.17, 15) is 9.59 Å². The zero-order valence-electron chi connectivity index (χ0n) is 16.4. The number of benzene rings is 1. The van der Waals surface area contributed by atoms with Crippen LogP contribution in [0.4, 0.5) is 0 Å². The average molecular weight is 393 g/mol. The van der Waals surface area contributed by atoms with Gasteiger partial charge in [-0.1, -0.05) is 47.1 Å². The largest absolute Gasteiger partial charge is 0.360 e. The molecule has 4 heterocycles. The number of hydrogen-bond donors (Lipinski definition) is 0. The Balaban J connectivity index is 1.37. The Bertz CT molecular complexity index is 986. The SMILES string of the molecule is Cc1cccc(CN2C[C@]34C=C[C@H](O3)[C@@H](C(=O)N(C)Cc3ccno3)[C@@H]4C2=O)c1. The average Bonchev–Trinajstić information content (AvgIpc) is 3.45. The molecule has 7 heteroatoms. The van der Waals surface area contributed by atoms with Crippen LogP contribution in [0, 0.1) is 18.8 Å². The number of fused-ring (bicyclic) bond motifs is 1. The van der Waals surface area contributed by atoms with Gasteiger partial charge in [0.25, 0.3) is 0 Å². The van der Waals surface area contributed by atoms with Crippen molar-refractivity contribution >= 4 is 11.8 Å². The predicted octanol–water partition coefficient (Wildman–Crippen LogP) is 1.92. The van der Waals surface area contributed by atoms with Crippen molar-refractivity contribution in [2.24, 2.45) is 11.8 Å². The third-order valence-corrected chi connectivity index (χ3v) is 6.18. The summed E-state index contributed by atoms with van der Waals surface area (Å²) in [6.45, 7) is 3.35. The lowest BCUT2D eigenvalue weighted by molar-refractivity contribution is -0.143. The van der Waals surface area contributed by atoms with Gasteiger partial charge in [-0.05, 0) is 12.5 Å². The Morgan fingerprint density at radius 2 is 2.24 bits per heavy atom. The fourth-order valence-electron chi connectivity index (χ4n) is 4.91. The fraction of sp³-hybridized carbons (Fsp3) is 0.409. The summed E-state index contributed by atoms with van der Waals surface area (Å²) in [5, 5.41) is 3.68. The first kappa shape index (κ1) is 18.1. The second-order valence-corrected chi connectivity index (χ2v) is 8.26. The Morgan fingerprint density at radius 3 is 3.00 bits per heavy atom. The minimum absolute atomic E-state index is 0.00947. The molecule has 0 radical (unpaired) electrons. The van der Waals surface area contributed by atoms with E-state index in [0.29, 0.717) is 25.4 Å². The molecule has 150 valence electrons. The van der Waals surface area contributed by atoms with Gasteiger partial charge in [0.2, 0.25) is 11.8 Å². The maximum absolute atomic E-state index is 13.3. The van der Waals surface area contributed by atoms with Crippen LogP contribution in [0.15, 0.2) is 53.2 Å². The van der Waals surface area contributed by atoms with E-state index in [-0.39, 0.29) is 17.9 Å². The van der Waals surface area contributed by atoms with E-state index in [4.69, 9.17) is 9.26 Å². The number of carbonyl (C=O) groups is 2. The van der Waals surface area contributed by atoms with Crippen molar-refractivity contribution in [1.29, 1.82) is 0 Å². The van der Waals surface area contributed by atoms with Gasteiger partial charge < -0.3 is 19.1 Å². The van der Waals surface area contributed by atoms with E-state index in [1.165, 1.54) is 0 Å². The van der Waals surface area contributed by atoms with Gasteiger partial charge >= 0.3 is 0 Å². The van der Waals surface area contributed by atoms with E-state index in [1.54, 1.807) is 24.2 Å². The molecule has 1 aromatic heterocycles. The van der Waals surface area contributed by atoms with Crippen molar-refractivity contribution < 1.29 is 18.8 Å². The van der Waals surface area contributed by atoms with Gasteiger partial charge in [0.05, 0.1) is 37.2 Å². The van der Waals surface area contributed by atoms with Gasteiger partial charge in [-0.3, -0.25) is 9.59 Å². The topological polar surface area (TPSA) is 75.9 Å². The number of ether oxygens (including phenoxy) is 1. The minimum atomic E-state index is -0.695. The molecular formula is C22H23N3O4. The van der Waals surface area contributed by atoms with Crippen molar-refractivity contribution in [3.63, 3.8) is 0 Å². The third kappa shape index (κ3) is 2.88. The minimum Gasteiger partial charge on any atom is -0.360 e. The lowest BCUT2D eigenvalue weighted by atomic mass is 9.76. The smallest absolute Gasteiger partial charge is 0.230 e. The van der Waals surface area contributed by atoms with Crippen molar-refractivity contribution in [3.8, 4) is 0 Å². The maximum atomic E-state index is 13.3. The molecule has 5 rings (SSSR count). The predicted molar refractivity (Wildman–Crippen MR) is 103 cm³/mol. The summed E-state index contributed by atoms with van der Waals surface area (Å²) in [6, 6.07) is 9.87. The number of amides is 2. The number of carbonyl (C=O) groups excluding carboxylic acids is 2. The standard InChI is InChI=1S/C22H23N3O4/c1-14-4-3-5-15(10-14)11-25-13-22-8-6-17(28-22)18(19(22)21(25)27)20(26)24(2)12-16-7-9-23-29-16/h3-10,17-19H,11-13H2,1-2H3/t17-,18+,19+,22-/m0/s1. The monoisotopic (exact) mass is 393 g/mol. The zero-order chi connectivity index (χ0) is 20.2. The van der Waals surface area contributed by atoms with Gasteiger partial charge in [0.15, 0.2) is 5.76 Å². The molecule has 0 N–H and O–H groups in total. The normalized spacial score (nSPS) is 29.5. The highest BCUT2D eigenvalue weighted by molar-refractivity contribution is 5.93. The summed E-state index contributed by atoms with van der Waals surface area (Å²) in [5.74, 6) is -0.498. The molecule has 2 amide bonds. The molecule has 7 nitrogen and oxygen atoms in total. The van der Waals surface area contributed by atoms with E-state index < -0.39 is 17.4 Å². The Labute approximate surface area is 168 Å². The Kier molecular flexibility index (Phi) is 4.10. The van der Waals surface area contributed by atoms with Crippen LogP contribution in [-0.2, 0) is 27.4 Å². The Hall–Kier alpha value is -2.93.